The summed E-state index contributed by atoms with van der Waals surface area (Å²) >= 11 is 0. The molecule has 270 valence electrons. The van der Waals surface area contributed by atoms with Gasteiger partial charge in [-0.1, -0.05) is 52.0 Å². The molecule has 51 heavy (non-hydrogen) atoms. The van der Waals surface area contributed by atoms with Gasteiger partial charge in [-0.25, -0.2) is 4.68 Å². The van der Waals surface area contributed by atoms with Crippen molar-refractivity contribution in [1.82, 2.24) is 34.2 Å². The van der Waals surface area contributed by atoms with Crippen LogP contribution < -0.4 is 15.0 Å². The van der Waals surface area contributed by atoms with E-state index in [4.69, 9.17) is 14.6 Å². The monoisotopic (exact) mass is 693 g/mol. The van der Waals surface area contributed by atoms with Gasteiger partial charge in [-0.05, 0) is 74.1 Å². The Hall–Kier alpha value is -4.71. The molecule has 1 N–H and O–H groups in total. The number of amides is 1. The molecule has 1 saturated heterocycles. The maximum atomic E-state index is 13.2. The molecule has 7 rings (SSSR count). The Kier molecular flexibility index (Phi) is 10.1. The van der Waals surface area contributed by atoms with Crippen molar-refractivity contribution in [2.75, 3.05) is 29.9 Å². The number of nitrogens with zero attached hydrogens (tertiary/aromatic N) is 8. The molecule has 1 aliphatic carbocycles. The molecule has 4 aromatic heterocycles. The lowest BCUT2D eigenvalue weighted by atomic mass is 9.79. The van der Waals surface area contributed by atoms with Crippen molar-refractivity contribution in [3.8, 4) is 11.4 Å². The predicted octanol–water partition coefficient (Wildman–Crippen LogP) is 7.15. The van der Waals surface area contributed by atoms with Gasteiger partial charge in [0.1, 0.15) is 23.4 Å². The summed E-state index contributed by atoms with van der Waals surface area (Å²) in [5.41, 5.74) is 4.92. The second-order valence-corrected chi connectivity index (χ2v) is 15.0. The van der Waals surface area contributed by atoms with Crippen molar-refractivity contribution in [3.05, 3.63) is 77.9 Å². The molecule has 0 spiro atoms. The lowest BCUT2D eigenvalue weighted by molar-refractivity contribution is -0.116. The highest BCUT2D eigenvalue weighted by Gasteiger charge is 2.29. The van der Waals surface area contributed by atoms with Gasteiger partial charge in [0.2, 0.25) is 11.9 Å². The van der Waals surface area contributed by atoms with Gasteiger partial charge in [-0.3, -0.25) is 13.9 Å². The van der Waals surface area contributed by atoms with E-state index in [2.05, 4.69) is 81.9 Å². The van der Waals surface area contributed by atoms with Crippen LogP contribution in [0.2, 0.25) is 0 Å². The van der Waals surface area contributed by atoms with Crippen LogP contribution >= 0.6 is 0 Å². The van der Waals surface area contributed by atoms with Crippen LogP contribution in [0.25, 0.3) is 11.3 Å². The zero-order chi connectivity index (χ0) is 35.5. The number of hydrogen-bond acceptors (Lipinski definition) is 8. The van der Waals surface area contributed by atoms with Crippen molar-refractivity contribution in [3.63, 3.8) is 0 Å². The largest absolute Gasteiger partial charge is 0.484 e. The SMILES string of the molecule is CCCOC1CCN(c2nnc3ccc(O[C@@H]4CC[C@H](CCCC(=O)Nc5cc(C(C)(C)C)nn5-c5cnn(C)c5)c5ccccc54)cn23)CC1. The summed E-state index contributed by atoms with van der Waals surface area (Å²) in [6.45, 7) is 11.1. The molecule has 5 heterocycles. The van der Waals surface area contributed by atoms with Crippen molar-refractivity contribution in [2.45, 2.75) is 103 Å². The normalized spacial score (nSPS) is 18.3. The van der Waals surface area contributed by atoms with Crippen molar-refractivity contribution in [1.29, 1.82) is 0 Å². The van der Waals surface area contributed by atoms with Gasteiger partial charge in [0.15, 0.2) is 5.65 Å². The fourth-order valence-corrected chi connectivity index (χ4v) is 7.34. The van der Waals surface area contributed by atoms with Crippen molar-refractivity contribution < 1.29 is 14.3 Å². The summed E-state index contributed by atoms with van der Waals surface area (Å²) in [4.78, 5) is 15.5. The maximum Gasteiger partial charge on any atom is 0.231 e. The molecule has 5 aromatic rings. The van der Waals surface area contributed by atoms with E-state index >= 15 is 0 Å². The Balaban J connectivity index is 0.976. The Morgan fingerprint density at radius 1 is 1.00 bits per heavy atom. The molecule has 12 nitrogen and oxygen atoms in total. The molecule has 1 fully saturated rings. The maximum absolute atomic E-state index is 13.2. The molecule has 0 unspecified atom stereocenters. The first kappa shape index (κ1) is 34.7. The Morgan fingerprint density at radius 3 is 2.55 bits per heavy atom. The number of benzene rings is 1. The number of aromatic nitrogens is 7. The van der Waals surface area contributed by atoms with E-state index < -0.39 is 0 Å². The molecule has 12 heteroatoms. The molecule has 1 amide bonds. The van der Waals surface area contributed by atoms with E-state index in [0.717, 1.165) is 93.4 Å². The second-order valence-electron chi connectivity index (χ2n) is 15.0. The molecule has 0 saturated carbocycles. The van der Waals surface area contributed by atoms with Crippen LogP contribution in [-0.4, -0.2) is 65.9 Å². The van der Waals surface area contributed by atoms with Gasteiger partial charge < -0.3 is 19.7 Å². The first-order chi connectivity index (χ1) is 24.7. The zero-order valence-electron chi connectivity index (χ0n) is 30.6. The topological polar surface area (TPSA) is 117 Å². The van der Waals surface area contributed by atoms with Crippen LogP contribution in [0.4, 0.5) is 11.8 Å². The van der Waals surface area contributed by atoms with E-state index in [9.17, 15) is 4.79 Å². The number of ether oxygens (including phenoxy) is 2. The van der Waals surface area contributed by atoms with Crippen LogP contribution in [0.5, 0.6) is 5.75 Å². The van der Waals surface area contributed by atoms with Gasteiger partial charge in [0, 0.05) is 44.6 Å². The number of carbonyl (C=O) groups excluding carboxylic acids is 1. The quantitative estimate of drug-likeness (QED) is 0.147. The van der Waals surface area contributed by atoms with E-state index in [1.165, 1.54) is 11.1 Å². The highest BCUT2D eigenvalue weighted by atomic mass is 16.5. The third-order valence-corrected chi connectivity index (χ3v) is 10.1. The number of anilines is 2. The highest BCUT2D eigenvalue weighted by molar-refractivity contribution is 5.90. The Bertz CT molecular complexity index is 1950. The minimum absolute atomic E-state index is 0.0104. The average molecular weight is 694 g/mol. The van der Waals surface area contributed by atoms with Crippen LogP contribution in [0.15, 0.2) is 61.1 Å². The van der Waals surface area contributed by atoms with Crippen molar-refractivity contribution in [2.24, 2.45) is 7.05 Å². The van der Waals surface area contributed by atoms with E-state index in [1.807, 2.05) is 37.6 Å². The van der Waals surface area contributed by atoms with E-state index in [1.54, 1.807) is 15.6 Å². The minimum Gasteiger partial charge on any atom is -0.484 e. The fourth-order valence-electron chi connectivity index (χ4n) is 7.34. The molecule has 0 bridgehead atoms. The minimum atomic E-state index is -0.156. The van der Waals surface area contributed by atoms with Crippen LogP contribution in [0.1, 0.15) is 108 Å². The second kappa shape index (κ2) is 14.9. The lowest BCUT2D eigenvalue weighted by Gasteiger charge is -2.32. The van der Waals surface area contributed by atoms with E-state index in [0.29, 0.717) is 24.3 Å². The lowest BCUT2D eigenvalue weighted by Crippen LogP contribution is -2.38. The molecule has 2 atom stereocenters. The first-order valence-electron chi connectivity index (χ1n) is 18.5. The number of nitrogens with one attached hydrogen (secondary N) is 1. The number of carbonyl (C=O) groups is 1. The number of rotatable bonds is 12. The van der Waals surface area contributed by atoms with Crippen LogP contribution in [0, 0.1) is 0 Å². The molecular weight excluding hydrogens is 642 g/mol. The van der Waals surface area contributed by atoms with Gasteiger partial charge >= 0.3 is 0 Å². The molecule has 1 aliphatic heterocycles. The summed E-state index contributed by atoms with van der Waals surface area (Å²) in [7, 11) is 1.87. The fraction of sp³-hybridized carbons (Fsp3) is 0.513. The third-order valence-electron chi connectivity index (χ3n) is 10.1. The number of aryl methyl sites for hydroxylation is 1. The number of hydrogen-bond donors (Lipinski definition) is 1. The summed E-state index contributed by atoms with van der Waals surface area (Å²) in [6.07, 6.45) is 13.1. The first-order valence-corrected chi connectivity index (χ1v) is 18.5. The predicted molar refractivity (Wildman–Crippen MR) is 198 cm³/mol. The molecular formula is C39H51N9O3. The molecule has 1 aromatic carbocycles. The number of fused-ring (bicyclic) bond motifs is 2. The van der Waals surface area contributed by atoms with Crippen LogP contribution in [-0.2, 0) is 22.0 Å². The van der Waals surface area contributed by atoms with Gasteiger partial charge in [-0.2, -0.15) is 10.2 Å². The Labute approximate surface area is 300 Å². The summed E-state index contributed by atoms with van der Waals surface area (Å²) < 4.78 is 18.3. The van der Waals surface area contributed by atoms with Crippen molar-refractivity contribution >= 4 is 23.3 Å². The molecule has 0 radical (unpaired) electrons. The van der Waals surface area contributed by atoms with Gasteiger partial charge in [-0.15, -0.1) is 10.2 Å². The number of pyridine rings is 1. The summed E-state index contributed by atoms with van der Waals surface area (Å²) in [5.74, 6) is 2.69. The average Bonchev–Trinajstić information content (AvgIpc) is 3.87. The smallest absolute Gasteiger partial charge is 0.231 e. The van der Waals surface area contributed by atoms with Gasteiger partial charge in [0.25, 0.3) is 0 Å². The molecule has 2 aliphatic rings. The van der Waals surface area contributed by atoms with Crippen LogP contribution in [0.3, 0.4) is 0 Å². The number of piperidine rings is 1. The Morgan fingerprint density at radius 2 is 1.80 bits per heavy atom. The zero-order valence-corrected chi connectivity index (χ0v) is 30.6. The highest BCUT2D eigenvalue weighted by Crippen LogP contribution is 2.42. The summed E-state index contributed by atoms with van der Waals surface area (Å²) in [6, 6.07) is 14.6. The van der Waals surface area contributed by atoms with E-state index in [-0.39, 0.29) is 17.4 Å². The summed E-state index contributed by atoms with van der Waals surface area (Å²) in [5, 5.41) is 21.2. The standard InChI is InChI=1S/C39H51N9O3/c1-6-22-50-29-18-20-46(21-19-29)38-43-42-35-17-15-30(26-47(35)38)51-33-16-14-27(31-11-7-8-12-32(31)33)10-9-13-37(49)41-36-23-34(39(2,3)4)44-48(36)28-24-40-45(5)25-28/h7-8,11-12,15,17,23-27,29,33H,6,9-10,13-14,16,18-22H2,1-5H3,(H,41,49)/t27-,33+/m0/s1. The van der Waals surface area contributed by atoms with Gasteiger partial charge in [0.05, 0.1) is 30.4 Å². The third kappa shape index (κ3) is 7.80.